The van der Waals surface area contributed by atoms with Gasteiger partial charge in [0.15, 0.2) is 0 Å². The molecule has 3 N–H and O–H groups in total. The fraction of sp³-hybridized carbons (Fsp3) is 0.143. The summed E-state index contributed by atoms with van der Waals surface area (Å²) in [6.45, 7) is 0. The largest absolute Gasteiger partial charge is 0.323 e. The molecule has 0 atom stereocenters. The van der Waals surface area contributed by atoms with E-state index < -0.39 is 0 Å². The number of nitrogens with one attached hydrogen (secondary N) is 1. The summed E-state index contributed by atoms with van der Waals surface area (Å²) in [6.07, 6.45) is 2.02. The van der Waals surface area contributed by atoms with Gasteiger partial charge in [-0.15, -0.1) is 24.2 Å². The van der Waals surface area contributed by atoms with E-state index in [1.807, 2.05) is 30.5 Å². The fourth-order valence-electron chi connectivity index (χ4n) is 0.764. The van der Waals surface area contributed by atoms with Crippen LogP contribution in [0, 0.1) is 0 Å². The summed E-state index contributed by atoms with van der Waals surface area (Å²) >= 11 is 1.68. The van der Waals surface area contributed by atoms with Crippen LogP contribution in [-0.2, 0) is 0 Å². The molecule has 0 aromatic heterocycles. The summed E-state index contributed by atoms with van der Waals surface area (Å²) in [5.41, 5.74) is 3.61. The molecular formula is C7H11ClN2S. The highest BCUT2D eigenvalue weighted by molar-refractivity contribution is 7.98. The lowest BCUT2D eigenvalue weighted by molar-refractivity contribution is 1.29. The molecule has 0 heterocycles. The van der Waals surface area contributed by atoms with Crippen molar-refractivity contribution in [3.63, 3.8) is 0 Å². The number of hydrazine groups is 1. The number of para-hydroxylation sites is 1. The number of benzene rings is 1. The lowest BCUT2D eigenvalue weighted by Gasteiger charge is -2.03. The molecule has 2 nitrogen and oxygen atoms in total. The molecule has 0 spiro atoms. The van der Waals surface area contributed by atoms with Gasteiger partial charge in [-0.05, 0) is 18.4 Å². The monoisotopic (exact) mass is 190 g/mol. The van der Waals surface area contributed by atoms with Crippen molar-refractivity contribution in [2.45, 2.75) is 4.90 Å². The molecule has 0 aliphatic heterocycles. The molecule has 0 amide bonds. The minimum atomic E-state index is 0. The Morgan fingerprint density at radius 2 is 2.00 bits per heavy atom. The topological polar surface area (TPSA) is 38.0 Å². The maximum atomic E-state index is 5.26. The molecule has 0 radical (unpaired) electrons. The molecule has 11 heavy (non-hydrogen) atoms. The van der Waals surface area contributed by atoms with E-state index in [-0.39, 0.29) is 12.4 Å². The van der Waals surface area contributed by atoms with Gasteiger partial charge >= 0.3 is 0 Å². The van der Waals surface area contributed by atoms with Gasteiger partial charge in [-0.2, -0.15) is 0 Å². The van der Waals surface area contributed by atoms with E-state index in [9.17, 15) is 0 Å². The molecular weight excluding hydrogens is 180 g/mol. The fourth-order valence-corrected chi connectivity index (χ4v) is 1.33. The lowest BCUT2D eigenvalue weighted by Crippen LogP contribution is -2.07. The van der Waals surface area contributed by atoms with Crippen LogP contribution in [0.1, 0.15) is 0 Å². The van der Waals surface area contributed by atoms with Crippen LogP contribution in [0.15, 0.2) is 29.2 Å². The predicted molar refractivity (Wildman–Crippen MR) is 53.3 cm³/mol. The van der Waals surface area contributed by atoms with Gasteiger partial charge in [0, 0.05) is 4.90 Å². The van der Waals surface area contributed by atoms with Gasteiger partial charge in [0.05, 0.1) is 5.69 Å². The number of hydrogen-bond donors (Lipinski definition) is 2. The molecule has 1 rings (SSSR count). The van der Waals surface area contributed by atoms with Crippen molar-refractivity contribution in [3.05, 3.63) is 24.3 Å². The van der Waals surface area contributed by atoms with Gasteiger partial charge in [0.2, 0.25) is 0 Å². The maximum Gasteiger partial charge on any atom is 0.0620 e. The summed E-state index contributed by atoms with van der Waals surface area (Å²) < 4.78 is 0. The van der Waals surface area contributed by atoms with Crippen LogP contribution >= 0.6 is 24.2 Å². The predicted octanol–water partition coefficient (Wildman–Crippen LogP) is 2.12. The number of nitrogens with two attached hydrogens (primary N) is 1. The summed E-state index contributed by atoms with van der Waals surface area (Å²) in [7, 11) is 0. The first-order chi connectivity index (χ1) is 4.88. The third kappa shape index (κ3) is 2.61. The standard InChI is InChI=1S/C7H10N2S.ClH/c1-10-7-5-3-2-4-6(7)9-8;/h2-5,9H,8H2,1H3;1H. The molecule has 0 saturated carbocycles. The van der Waals surface area contributed by atoms with Crippen LogP contribution in [0.2, 0.25) is 0 Å². The number of rotatable bonds is 2. The van der Waals surface area contributed by atoms with E-state index in [4.69, 9.17) is 5.84 Å². The Morgan fingerprint density at radius 1 is 1.36 bits per heavy atom. The Hall–Kier alpha value is -0.380. The van der Waals surface area contributed by atoms with Crippen LogP contribution in [0.3, 0.4) is 0 Å². The van der Waals surface area contributed by atoms with Crippen LogP contribution in [-0.4, -0.2) is 6.26 Å². The number of hydrogen-bond acceptors (Lipinski definition) is 3. The summed E-state index contributed by atoms with van der Waals surface area (Å²) in [5, 5.41) is 0. The molecule has 0 saturated heterocycles. The molecule has 1 aromatic carbocycles. The van der Waals surface area contributed by atoms with E-state index >= 15 is 0 Å². The third-order valence-electron chi connectivity index (χ3n) is 1.26. The van der Waals surface area contributed by atoms with E-state index in [0.717, 1.165) is 5.69 Å². The molecule has 62 valence electrons. The van der Waals surface area contributed by atoms with Gasteiger partial charge in [-0.3, -0.25) is 5.84 Å². The normalized spacial score (nSPS) is 8.55. The quantitative estimate of drug-likeness (QED) is 0.426. The second-order valence-electron chi connectivity index (χ2n) is 1.84. The van der Waals surface area contributed by atoms with E-state index in [2.05, 4.69) is 5.43 Å². The van der Waals surface area contributed by atoms with Crippen molar-refractivity contribution in [3.8, 4) is 0 Å². The SMILES string of the molecule is CSc1ccccc1NN.Cl. The molecule has 0 fully saturated rings. The Morgan fingerprint density at radius 3 is 2.45 bits per heavy atom. The second kappa shape index (κ2) is 5.29. The van der Waals surface area contributed by atoms with E-state index in [0.29, 0.717) is 0 Å². The van der Waals surface area contributed by atoms with E-state index in [1.165, 1.54) is 4.90 Å². The lowest BCUT2D eigenvalue weighted by atomic mass is 10.3. The second-order valence-corrected chi connectivity index (χ2v) is 2.69. The highest BCUT2D eigenvalue weighted by atomic mass is 35.5. The van der Waals surface area contributed by atoms with Crippen molar-refractivity contribution in [1.82, 2.24) is 0 Å². The first kappa shape index (κ1) is 10.6. The van der Waals surface area contributed by atoms with E-state index in [1.54, 1.807) is 11.8 Å². The number of nitrogen functional groups attached to an aromatic ring is 1. The third-order valence-corrected chi connectivity index (χ3v) is 2.06. The van der Waals surface area contributed by atoms with Gasteiger partial charge in [0.25, 0.3) is 0 Å². The van der Waals surface area contributed by atoms with Crippen LogP contribution in [0.5, 0.6) is 0 Å². The minimum absolute atomic E-state index is 0. The molecule has 0 unspecified atom stereocenters. The summed E-state index contributed by atoms with van der Waals surface area (Å²) in [5.74, 6) is 5.26. The van der Waals surface area contributed by atoms with Crippen molar-refractivity contribution in [1.29, 1.82) is 0 Å². The Balaban J connectivity index is 0.000001000. The minimum Gasteiger partial charge on any atom is -0.323 e. The van der Waals surface area contributed by atoms with Crippen molar-refractivity contribution in [2.75, 3.05) is 11.7 Å². The van der Waals surface area contributed by atoms with Crippen LogP contribution in [0.4, 0.5) is 5.69 Å². The average Bonchev–Trinajstić information content (AvgIpc) is 2.04. The zero-order valence-electron chi connectivity index (χ0n) is 6.20. The first-order valence-electron chi connectivity index (χ1n) is 2.98. The van der Waals surface area contributed by atoms with Crippen LogP contribution in [0.25, 0.3) is 0 Å². The van der Waals surface area contributed by atoms with Gasteiger partial charge in [-0.25, -0.2) is 0 Å². The number of halogens is 1. The molecule has 0 bridgehead atoms. The Kier molecular flexibility index (Phi) is 5.11. The van der Waals surface area contributed by atoms with Gasteiger partial charge in [-0.1, -0.05) is 12.1 Å². The molecule has 0 aliphatic rings. The first-order valence-corrected chi connectivity index (χ1v) is 4.20. The van der Waals surface area contributed by atoms with Crippen molar-refractivity contribution in [2.24, 2.45) is 5.84 Å². The number of anilines is 1. The van der Waals surface area contributed by atoms with Crippen LogP contribution < -0.4 is 11.3 Å². The van der Waals surface area contributed by atoms with Gasteiger partial charge < -0.3 is 5.43 Å². The Labute approximate surface area is 76.9 Å². The van der Waals surface area contributed by atoms with Crippen molar-refractivity contribution >= 4 is 29.9 Å². The highest BCUT2D eigenvalue weighted by Crippen LogP contribution is 2.22. The summed E-state index contributed by atoms with van der Waals surface area (Å²) in [6, 6.07) is 7.92. The molecule has 0 aliphatic carbocycles. The molecule has 1 aromatic rings. The smallest absolute Gasteiger partial charge is 0.0620 e. The number of thioether (sulfide) groups is 1. The highest BCUT2D eigenvalue weighted by Gasteiger charge is 1.94. The van der Waals surface area contributed by atoms with Gasteiger partial charge in [0.1, 0.15) is 0 Å². The summed E-state index contributed by atoms with van der Waals surface area (Å²) in [4.78, 5) is 1.17. The van der Waals surface area contributed by atoms with Crippen molar-refractivity contribution < 1.29 is 0 Å². The average molecular weight is 191 g/mol. The zero-order valence-corrected chi connectivity index (χ0v) is 7.84. The zero-order chi connectivity index (χ0) is 7.40. The molecule has 4 heteroatoms. The Bertz CT molecular complexity index is 194. The maximum absolute atomic E-state index is 5.26.